The maximum absolute atomic E-state index is 12.3. The number of ether oxygens (including phenoxy) is 1. The Labute approximate surface area is 120 Å². The molecule has 1 unspecified atom stereocenters. The Balaban J connectivity index is 2.01. The molecule has 0 radical (unpaired) electrons. The van der Waals surface area contributed by atoms with Crippen molar-refractivity contribution in [2.24, 2.45) is 11.7 Å². The van der Waals surface area contributed by atoms with Crippen LogP contribution in [0.15, 0.2) is 23.1 Å². The minimum absolute atomic E-state index is 0.322. The lowest BCUT2D eigenvalue weighted by Gasteiger charge is -2.12. The van der Waals surface area contributed by atoms with E-state index in [9.17, 15) is 8.42 Å². The molecule has 0 amide bonds. The third kappa shape index (κ3) is 3.79. The normalized spacial score (nSPS) is 19.4. The molecule has 1 fully saturated rings. The fourth-order valence-electron chi connectivity index (χ4n) is 2.35. The smallest absolute Gasteiger partial charge is 0.240 e. The van der Waals surface area contributed by atoms with E-state index in [1.165, 1.54) is 0 Å². The van der Waals surface area contributed by atoms with E-state index < -0.39 is 10.0 Å². The van der Waals surface area contributed by atoms with Crippen LogP contribution in [0.3, 0.4) is 0 Å². The van der Waals surface area contributed by atoms with Crippen LogP contribution < -0.4 is 10.5 Å². The molecule has 1 aromatic rings. The average Bonchev–Trinajstić information content (AvgIpc) is 2.92. The predicted octanol–water partition coefficient (Wildman–Crippen LogP) is 1.16. The molecule has 20 heavy (non-hydrogen) atoms. The van der Waals surface area contributed by atoms with Gasteiger partial charge in [-0.3, -0.25) is 0 Å². The number of rotatable bonds is 6. The van der Waals surface area contributed by atoms with Gasteiger partial charge in [-0.15, -0.1) is 0 Å². The van der Waals surface area contributed by atoms with Crippen LogP contribution in [0.1, 0.15) is 24.0 Å². The van der Waals surface area contributed by atoms with Gasteiger partial charge in [-0.1, -0.05) is 12.1 Å². The molecule has 1 aromatic carbocycles. The van der Waals surface area contributed by atoms with E-state index in [2.05, 4.69) is 4.72 Å². The van der Waals surface area contributed by atoms with Crippen LogP contribution in [0, 0.1) is 12.8 Å². The van der Waals surface area contributed by atoms with Crippen LogP contribution in [0.4, 0.5) is 0 Å². The zero-order valence-electron chi connectivity index (χ0n) is 11.8. The molecule has 3 N–H and O–H groups in total. The largest absolute Gasteiger partial charge is 0.381 e. The van der Waals surface area contributed by atoms with E-state index in [4.69, 9.17) is 10.5 Å². The highest BCUT2D eigenvalue weighted by Gasteiger charge is 2.19. The first kappa shape index (κ1) is 15.4. The van der Waals surface area contributed by atoms with Crippen molar-refractivity contribution in [2.45, 2.75) is 31.2 Å². The summed E-state index contributed by atoms with van der Waals surface area (Å²) < 4.78 is 32.6. The van der Waals surface area contributed by atoms with Gasteiger partial charge in [-0.25, -0.2) is 13.1 Å². The summed E-state index contributed by atoms with van der Waals surface area (Å²) in [6.45, 7) is 4.10. The maximum atomic E-state index is 12.3. The van der Waals surface area contributed by atoms with Crippen molar-refractivity contribution in [2.75, 3.05) is 19.8 Å². The van der Waals surface area contributed by atoms with E-state index in [0.29, 0.717) is 23.9 Å². The first-order chi connectivity index (χ1) is 9.53. The van der Waals surface area contributed by atoms with Gasteiger partial charge < -0.3 is 10.5 Å². The summed E-state index contributed by atoms with van der Waals surface area (Å²) in [4.78, 5) is 0.322. The first-order valence-electron chi connectivity index (χ1n) is 6.90. The molecular weight excluding hydrogens is 276 g/mol. The number of nitrogens with two attached hydrogens (primary N) is 1. The number of hydrogen-bond donors (Lipinski definition) is 2. The Hall–Kier alpha value is -0.950. The molecule has 1 heterocycles. The van der Waals surface area contributed by atoms with Gasteiger partial charge >= 0.3 is 0 Å². The zero-order valence-corrected chi connectivity index (χ0v) is 12.6. The topological polar surface area (TPSA) is 81.4 Å². The summed E-state index contributed by atoms with van der Waals surface area (Å²) in [5.41, 5.74) is 7.12. The number of hydrogen-bond acceptors (Lipinski definition) is 4. The lowest BCUT2D eigenvalue weighted by molar-refractivity contribution is 0.184. The molecule has 0 spiro atoms. The first-order valence-corrected chi connectivity index (χ1v) is 8.38. The number of aryl methyl sites for hydroxylation is 1. The fourth-order valence-corrected chi connectivity index (χ4v) is 3.69. The molecule has 1 saturated heterocycles. The Kier molecular flexibility index (Phi) is 5.15. The summed E-state index contributed by atoms with van der Waals surface area (Å²) in [5, 5.41) is 0. The fraction of sp³-hybridized carbons (Fsp3) is 0.571. The Morgan fingerprint density at radius 3 is 2.90 bits per heavy atom. The SMILES string of the molecule is Cc1ccc(CN)cc1S(=O)(=O)NCCC1CCOC1. The second-order valence-electron chi connectivity index (χ2n) is 5.22. The summed E-state index contributed by atoms with van der Waals surface area (Å²) in [7, 11) is -3.46. The maximum Gasteiger partial charge on any atom is 0.240 e. The van der Waals surface area contributed by atoms with Crippen molar-refractivity contribution < 1.29 is 13.2 Å². The van der Waals surface area contributed by atoms with Gasteiger partial charge in [0.15, 0.2) is 0 Å². The minimum Gasteiger partial charge on any atom is -0.381 e. The van der Waals surface area contributed by atoms with Crippen molar-refractivity contribution in [3.63, 3.8) is 0 Å². The monoisotopic (exact) mass is 298 g/mol. The van der Waals surface area contributed by atoms with Crippen LogP contribution in [-0.4, -0.2) is 28.2 Å². The number of nitrogens with one attached hydrogen (secondary N) is 1. The zero-order chi connectivity index (χ0) is 14.6. The van der Waals surface area contributed by atoms with Crippen molar-refractivity contribution in [3.8, 4) is 0 Å². The average molecular weight is 298 g/mol. The molecule has 1 atom stereocenters. The number of sulfonamides is 1. The standard InChI is InChI=1S/C14H22N2O3S/c1-11-2-3-13(9-15)8-14(11)20(17,18)16-6-4-12-5-7-19-10-12/h2-3,8,12,16H,4-7,9-10,15H2,1H3. The molecule has 5 nitrogen and oxygen atoms in total. The van der Waals surface area contributed by atoms with Gasteiger partial charge in [0.2, 0.25) is 10.0 Å². The molecule has 0 bridgehead atoms. The third-order valence-electron chi connectivity index (χ3n) is 3.65. The van der Waals surface area contributed by atoms with Crippen LogP contribution >= 0.6 is 0 Å². The van der Waals surface area contributed by atoms with E-state index in [1.54, 1.807) is 19.1 Å². The van der Waals surface area contributed by atoms with Crippen LogP contribution in [0.5, 0.6) is 0 Å². The van der Waals surface area contributed by atoms with Gasteiger partial charge in [0.05, 0.1) is 4.90 Å². The van der Waals surface area contributed by atoms with Crippen molar-refractivity contribution in [3.05, 3.63) is 29.3 Å². The Bertz CT molecular complexity index is 552. The molecule has 0 aromatic heterocycles. The summed E-state index contributed by atoms with van der Waals surface area (Å²) >= 11 is 0. The van der Waals surface area contributed by atoms with E-state index in [0.717, 1.165) is 37.2 Å². The summed E-state index contributed by atoms with van der Waals surface area (Å²) in [6, 6.07) is 5.29. The van der Waals surface area contributed by atoms with Gasteiger partial charge in [0, 0.05) is 26.3 Å². The second-order valence-corrected chi connectivity index (χ2v) is 6.96. The van der Waals surface area contributed by atoms with Crippen molar-refractivity contribution in [1.29, 1.82) is 0 Å². The van der Waals surface area contributed by atoms with E-state index >= 15 is 0 Å². The lowest BCUT2D eigenvalue weighted by Crippen LogP contribution is -2.27. The molecular formula is C14H22N2O3S. The van der Waals surface area contributed by atoms with E-state index in [-0.39, 0.29) is 0 Å². The quantitative estimate of drug-likeness (QED) is 0.825. The van der Waals surface area contributed by atoms with E-state index in [1.807, 2.05) is 6.07 Å². The van der Waals surface area contributed by atoms with Crippen LogP contribution in [0.2, 0.25) is 0 Å². The number of benzene rings is 1. The van der Waals surface area contributed by atoms with Gasteiger partial charge in [0.25, 0.3) is 0 Å². The Morgan fingerprint density at radius 1 is 1.45 bits per heavy atom. The third-order valence-corrected chi connectivity index (χ3v) is 5.25. The van der Waals surface area contributed by atoms with Crippen LogP contribution in [0.25, 0.3) is 0 Å². The summed E-state index contributed by atoms with van der Waals surface area (Å²) in [5.74, 6) is 0.467. The lowest BCUT2D eigenvalue weighted by atomic mass is 10.1. The summed E-state index contributed by atoms with van der Waals surface area (Å²) in [6.07, 6.45) is 1.83. The van der Waals surface area contributed by atoms with Gasteiger partial charge in [-0.05, 0) is 42.9 Å². The predicted molar refractivity (Wildman–Crippen MR) is 77.8 cm³/mol. The van der Waals surface area contributed by atoms with Crippen molar-refractivity contribution in [1.82, 2.24) is 4.72 Å². The molecule has 1 aliphatic heterocycles. The molecule has 6 heteroatoms. The van der Waals surface area contributed by atoms with Gasteiger partial charge in [0.1, 0.15) is 0 Å². The second kappa shape index (κ2) is 6.67. The Morgan fingerprint density at radius 2 is 2.25 bits per heavy atom. The molecule has 112 valence electrons. The molecule has 0 aliphatic carbocycles. The van der Waals surface area contributed by atoms with Gasteiger partial charge in [-0.2, -0.15) is 0 Å². The van der Waals surface area contributed by atoms with Crippen molar-refractivity contribution >= 4 is 10.0 Å². The highest BCUT2D eigenvalue weighted by Crippen LogP contribution is 2.18. The highest BCUT2D eigenvalue weighted by atomic mass is 32.2. The molecule has 2 rings (SSSR count). The molecule has 0 saturated carbocycles. The van der Waals surface area contributed by atoms with Crippen LogP contribution in [-0.2, 0) is 21.3 Å². The minimum atomic E-state index is -3.46. The molecule has 1 aliphatic rings. The highest BCUT2D eigenvalue weighted by molar-refractivity contribution is 7.89.